The van der Waals surface area contributed by atoms with Gasteiger partial charge in [-0.1, -0.05) is 188 Å². The molecule has 0 saturated heterocycles. The summed E-state index contributed by atoms with van der Waals surface area (Å²) in [6.45, 7) is 7.33. The topological polar surface area (TPSA) is 61.8 Å². The van der Waals surface area contributed by atoms with E-state index in [2.05, 4.69) is 130 Å². The lowest BCUT2D eigenvalue weighted by Crippen LogP contribution is -2.30. The molecule has 1 unspecified atom stereocenters. The number of rotatable bonds is 43. The van der Waals surface area contributed by atoms with Crippen molar-refractivity contribution in [3.05, 3.63) is 109 Å². The third-order valence-electron chi connectivity index (χ3n) is 9.79. The van der Waals surface area contributed by atoms with Crippen LogP contribution in [0.2, 0.25) is 0 Å². The second-order valence-electron chi connectivity index (χ2n) is 15.6. The highest BCUT2D eigenvalue weighted by Gasteiger charge is 2.17. The molecule has 0 aromatic rings. The largest absolute Gasteiger partial charge is 0.462 e. The zero-order valence-corrected chi connectivity index (χ0v) is 38.9. The van der Waals surface area contributed by atoms with Crippen molar-refractivity contribution in [1.82, 2.24) is 0 Å². The molecule has 60 heavy (non-hydrogen) atoms. The Balaban J connectivity index is 4.44. The molecule has 340 valence electrons. The molecule has 5 nitrogen and oxygen atoms in total. The fraction of sp³-hybridized carbons (Fsp3) is 0.636. The van der Waals surface area contributed by atoms with Gasteiger partial charge < -0.3 is 14.2 Å². The van der Waals surface area contributed by atoms with Crippen LogP contribution in [-0.2, 0) is 23.8 Å². The Kier molecular flexibility index (Phi) is 47.1. The second kappa shape index (κ2) is 49.9. The van der Waals surface area contributed by atoms with Gasteiger partial charge in [-0.3, -0.25) is 9.59 Å². The maximum atomic E-state index is 12.8. The minimum absolute atomic E-state index is 0.0370. The summed E-state index contributed by atoms with van der Waals surface area (Å²) in [7, 11) is 0. The summed E-state index contributed by atoms with van der Waals surface area (Å²) in [6.07, 6.45) is 68.2. The van der Waals surface area contributed by atoms with Crippen molar-refractivity contribution in [3.63, 3.8) is 0 Å². The van der Waals surface area contributed by atoms with Crippen LogP contribution in [0.5, 0.6) is 0 Å². The number of hydrogen-bond donors (Lipinski definition) is 0. The smallest absolute Gasteiger partial charge is 0.306 e. The van der Waals surface area contributed by atoms with Gasteiger partial charge in [-0.05, 0) is 109 Å². The van der Waals surface area contributed by atoms with Crippen molar-refractivity contribution in [2.45, 2.75) is 207 Å². The average Bonchev–Trinajstić information content (AvgIpc) is 3.25. The Bertz CT molecular complexity index is 1210. The van der Waals surface area contributed by atoms with E-state index in [4.69, 9.17) is 14.2 Å². The standard InChI is InChI=1S/C55H90O5/c1-4-7-10-13-16-19-22-25-27-29-32-35-38-41-44-47-50-58-51-53(60-55(57)49-46-43-40-37-34-30-24-21-18-15-12-9-6-3)52-59-54(56)48-45-42-39-36-33-31-28-26-23-20-17-14-11-8-5-2/h7-8,10-11,16-17,19-21,24-28,32,35,41,44,53H,4-6,9,12-15,18,22-23,29-31,33-34,36-40,42-43,45-52H2,1-3H3/b10-7-,11-8-,19-16-,20-17-,24-21-,27-25-,28-26-,35-32-,44-41-. The molecule has 0 aliphatic heterocycles. The zero-order chi connectivity index (χ0) is 43.5. The van der Waals surface area contributed by atoms with Crippen LogP contribution < -0.4 is 0 Å². The van der Waals surface area contributed by atoms with Crippen molar-refractivity contribution in [1.29, 1.82) is 0 Å². The first-order chi connectivity index (χ1) is 29.6. The second-order valence-corrected chi connectivity index (χ2v) is 15.6. The molecular weight excluding hydrogens is 741 g/mol. The minimum atomic E-state index is -0.593. The summed E-state index contributed by atoms with van der Waals surface area (Å²) in [5, 5.41) is 0. The molecule has 0 aromatic heterocycles. The van der Waals surface area contributed by atoms with Gasteiger partial charge in [-0.25, -0.2) is 0 Å². The van der Waals surface area contributed by atoms with Crippen LogP contribution in [0, 0.1) is 0 Å². The highest BCUT2D eigenvalue weighted by molar-refractivity contribution is 5.70. The van der Waals surface area contributed by atoms with Gasteiger partial charge >= 0.3 is 11.9 Å². The number of carbonyl (C=O) groups excluding carboxylic acids is 2. The van der Waals surface area contributed by atoms with E-state index in [9.17, 15) is 9.59 Å². The summed E-state index contributed by atoms with van der Waals surface area (Å²) in [5.41, 5.74) is 0. The molecule has 0 rings (SSSR count). The Morgan fingerprint density at radius 2 is 0.750 bits per heavy atom. The van der Waals surface area contributed by atoms with Gasteiger partial charge in [0.1, 0.15) is 6.61 Å². The van der Waals surface area contributed by atoms with Crippen LogP contribution in [0.1, 0.15) is 201 Å². The van der Waals surface area contributed by atoms with Crippen LogP contribution in [0.15, 0.2) is 109 Å². The highest BCUT2D eigenvalue weighted by atomic mass is 16.6. The Morgan fingerprint density at radius 3 is 1.22 bits per heavy atom. The van der Waals surface area contributed by atoms with E-state index in [0.29, 0.717) is 19.4 Å². The summed E-state index contributed by atoms with van der Waals surface area (Å²) >= 11 is 0. The van der Waals surface area contributed by atoms with Crippen molar-refractivity contribution in [2.75, 3.05) is 19.8 Å². The third-order valence-corrected chi connectivity index (χ3v) is 9.79. The lowest BCUT2D eigenvalue weighted by Gasteiger charge is -2.18. The molecule has 1 atom stereocenters. The quantitative estimate of drug-likeness (QED) is 0.0348. The van der Waals surface area contributed by atoms with Crippen LogP contribution in [-0.4, -0.2) is 37.9 Å². The van der Waals surface area contributed by atoms with Gasteiger partial charge in [0.15, 0.2) is 6.10 Å². The number of hydrogen-bond acceptors (Lipinski definition) is 5. The van der Waals surface area contributed by atoms with Gasteiger partial charge in [0.25, 0.3) is 0 Å². The molecule has 0 aliphatic rings. The van der Waals surface area contributed by atoms with E-state index in [-0.39, 0.29) is 25.2 Å². The molecule has 0 amide bonds. The predicted octanol–water partition coefficient (Wildman–Crippen LogP) is 16.4. The first-order valence-electron chi connectivity index (χ1n) is 24.4. The number of carbonyl (C=O) groups is 2. The van der Waals surface area contributed by atoms with Crippen LogP contribution >= 0.6 is 0 Å². The van der Waals surface area contributed by atoms with Crippen LogP contribution in [0.4, 0.5) is 0 Å². The number of allylic oxidation sites excluding steroid dienone is 17. The van der Waals surface area contributed by atoms with Crippen molar-refractivity contribution < 1.29 is 23.8 Å². The van der Waals surface area contributed by atoms with Crippen molar-refractivity contribution in [3.8, 4) is 0 Å². The van der Waals surface area contributed by atoms with Gasteiger partial charge in [-0.15, -0.1) is 0 Å². The van der Waals surface area contributed by atoms with Gasteiger partial charge in [-0.2, -0.15) is 0 Å². The molecule has 0 saturated carbocycles. The average molecular weight is 831 g/mol. The van der Waals surface area contributed by atoms with Gasteiger partial charge in [0.05, 0.1) is 13.2 Å². The molecule has 0 heterocycles. The Labute approximate surface area is 370 Å². The maximum absolute atomic E-state index is 12.8. The normalized spacial score (nSPS) is 13.2. The van der Waals surface area contributed by atoms with Gasteiger partial charge in [0, 0.05) is 12.8 Å². The van der Waals surface area contributed by atoms with Crippen molar-refractivity contribution >= 4 is 11.9 Å². The third kappa shape index (κ3) is 47.2. The number of ether oxygens (including phenoxy) is 3. The Hall–Kier alpha value is -3.44. The number of unbranched alkanes of at least 4 members (excludes halogenated alkanes) is 14. The minimum Gasteiger partial charge on any atom is -0.462 e. The van der Waals surface area contributed by atoms with E-state index in [0.717, 1.165) is 109 Å². The SMILES string of the molecule is CC/C=C\C/C=C\C/C=C\C/C=C\C/C=C\CCOCC(COC(=O)CCCCCCC/C=C\C/C=C\C/C=C\CC)OC(=O)CCCCCCC/C=C\CCCCCC. The maximum Gasteiger partial charge on any atom is 0.306 e. The summed E-state index contributed by atoms with van der Waals surface area (Å²) in [4.78, 5) is 25.3. The Morgan fingerprint density at radius 1 is 0.383 bits per heavy atom. The van der Waals surface area contributed by atoms with E-state index in [1.807, 2.05) is 0 Å². The first-order valence-corrected chi connectivity index (χ1v) is 24.4. The van der Waals surface area contributed by atoms with E-state index in [1.54, 1.807) is 0 Å². The monoisotopic (exact) mass is 831 g/mol. The summed E-state index contributed by atoms with van der Waals surface area (Å²) in [6, 6.07) is 0. The molecule has 0 bridgehead atoms. The fourth-order valence-corrected chi connectivity index (χ4v) is 6.23. The van der Waals surface area contributed by atoms with E-state index in [1.165, 1.54) is 57.8 Å². The fourth-order valence-electron chi connectivity index (χ4n) is 6.23. The van der Waals surface area contributed by atoms with E-state index < -0.39 is 6.10 Å². The van der Waals surface area contributed by atoms with Crippen molar-refractivity contribution in [2.24, 2.45) is 0 Å². The molecule has 0 N–H and O–H groups in total. The summed E-state index contributed by atoms with van der Waals surface area (Å²) < 4.78 is 17.2. The molecule has 0 aromatic carbocycles. The molecule has 0 radical (unpaired) electrons. The van der Waals surface area contributed by atoms with Crippen LogP contribution in [0.25, 0.3) is 0 Å². The number of esters is 2. The summed E-state index contributed by atoms with van der Waals surface area (Å²) in [5.74, 6) is -0.475. The predicted molar refractivity (Wildman–Crippen MR) is 260 cm³/mol. The molecule has 0 aliphatic carbocycles. The van der Waals surface area contributed by atoms with Crippen LogP contribution in [0.3, 0.4) is 0 Å². The lowest BCUT2D eigenvalue weighted by molar-refractivity contribution is -0.162. The van der Waals surface area contributed by atoms with Gasteiger partial charge in [0.2, 0.25) is 0 Å². The first kappa shape index (κ1) is 56.6. The molecule has 0 spiro atoms. The zero-order valence-electron chi connectivity index (χ0n) is 38.9. The van der Waals surface area contributed by atoms with E-state index >= 15 is 0 Å². The molecular formula is C55H90O5. The molecule has 0 fully saturated rings. The highest BCUT2D eigenvalue weighted by Crippen LogP contribution is 2.12. The lowest BCUT2D eigenvalue weighted by atomic mass is 10.1. The molecule has 5 heteroatoms.